The first kappa shape index (κ1) is 15.3. The molecule has 0 aliphatic heterocycles. The van der Waals surface area contributed by atoms with Gasteiger partial charge in [0, 0.05) is 17.2 Å². The Labute approximate surface area is 122 Å². The zero-order valence-corrected chi connectivity index (χ0v) is 12.1. The summed E-state index contributed by atoms with van der Waals surface area (Å²) in [6.07, 6.45) is 0. The van der Waals surface area contributed by atoms with Gasteiger partial charge >= 0.3 is 0 Å². The van der Waals surface area contributed by atoms with E-state index in [1.165, 1.54) is 32.4 Å². The molecule has 21 heavy (non-hydrogen) atoms. The summed E-state index contributed by atoms with van der Waals surface area (Å²) in [5.74, 6) is -0.434. The van der Waals surface area contributed by atoms with Crippen LogP contribution in [0.2, 0.25) is 0 Å². The van der Waals surface area contributed by atoms with Gasteiger partial charge in [-0.1, -0.05) is 17.7 Å². The van der Waals surface area contributed by atoms with Crippen molar-refractivity contribution in [1.29, 1.82) is 0 Å². The van der Waals surface area contributed by atoms with Crippen molar-refractivity contribution in [1.82, 2.24) is 0 Å². The number of aryl methyl sites for hydroxylation is 1. The molecule has 0 saturated heterocycles. The Morgan fingerprint density at radius 1 is 0.905 bits per heavy atom. The molecule has 0 aliphatic rings. The van der Waals surface area contributed by atoms with E-state index in [0.29, 0.717) is 5.75 Å². The number of hydrogen-bond donors (Lipinski definition) is 1. The Morgan fingerprint density at radius 3 is 2.10 bits per heavy atom. The highest BCUT2D eigenvalue weighted by atomic mass is 19.1. The molecule has 2 rings (SSSR count). The predicted octanol–water partition coefficient (Wildman–Crippen LogP) is 3.34. The van der Waals surface area contributed by atoms with Crippen LogP contribution < -0.4 is 15.2 Å². The van der Waals surface area contributed by atoms with E-state index >= 15 is 0 Å². The molecular formula is C16H17F2NO2. The van der Waals surface area contributed by atoms with Crippen molar-refractivity contribution in [2.75, 3.05) is 14.2 Å². The van der Waals surface area contributed by atoms with Crippen LogP contribution in [0.3, 0.4) is 0 Å². The third kappa shape index (κ3) is 2.97. The minimum Gasteiger partial charge on any atom is -0.493 e. The van der Waals surface area contributed by atoms with E-state index in [-0.39, 0.29) is 16.9 Å². The van der Waals surface area contributed by atoms with Crippen LogP contribution in [-0.4, -0.2) is 14.2 Å². The van der Waals surface area contributed by atoms with Gasteiger partial charge < -0.3 is 15.2 Å². The topological polar surface area (TPSA) is 44.5 Å². The number of halogens is 2. The van der Waals surface area contributed by atoms with Gasteiger partial charge in [-0.3, -0.25) is 0 Å². The van der Waals surface area contributed by atoms with Crippen molar-refractivity contribution in [3.63, 3.8) is 0 Å². The van der Waals surface area contributed by atoms with Gasteiger partial charge in [0.2, 0.25) is 0 Å². The van der Waals surface area contributed by atoms with E-state index in [1.807, 2.05) is 6.92 Å². The molecule has 0 aromatic heterocycles. The van der Waals surface area contributed by atoms with Gasteiger partial charge in [0.25, 0.3) is 0 Å². The molecule has 0 heterocycles. The Hall–Kier alpha value is -2.14. The maximum Gasteiger partial charge on any atom is 0.163 e. The van der Waals surface area contributed by atoms with Gasteiger partial charge in [-0.25, -0.2) is 8.78 Å². The Balaban J connectivity index is 2.52. The van der Waals surface area contributed by atoms with E-state index in [0.717, 1.165) is 5.56 Å². The number of nitrogens with two attached hydrogens (primary N) is 1. The highest BCUT2D eigenvalue weighted by Crippen LogP contribution is 2.34. The van der Waals surface area contributed by atoms with E-state index in [2.05, 4.69) is 0 Å². The summed E-state index contributed by atoms with van der Waals surface area (Å²) in [6, 6.07) is 6.25. The molecule has 0 radical (unpaired) electrons. The van der Waals surface area contributed by atoms with Crippen LogP contribution in [0.1, 0.15) is 22.7 Å². The van der Waals surface area contributed by atoms with Crippen LogP contribution in [0.25, 0.3) is 0 Å². The van der Waals surface area contributed by atoms with E-state index in [4.69, 9.17) is 15.2 Å². The molecule has 0 fully saturated rings. The first-order valence-electron chi connectivity index (χ1n) is 6.41. The number of rotatable bonds is 4. The van der Waals surface area contributed by atoms with Gasteiger partial charge in [0.15, 0.2) is 11.5 Å². The molecular weight excluding hydrogens is 276 g/mol. The molecule has 112 valence electrons. The lowest BCUT2D eigenvalue weighted by molar-refractivity contribution is 0.351. The third-order valence-electron chi connectivity index (χ3n) is 3.32. The lowest BCUT2D eigenvalue weighted by Crippen LogP contribution is -2.16. The number of benzene rings is 2. The second-order valence-corrected chi connectivity index (χ2v) is 4.73. The Kier molecular flexibility index (Phi) is 4.43. The van der Waals surface area contributed by atoms with Crippen molar-refractivity contribution >= 4 is 0 Å². The normalized spacial score (nSPS) is 12.1. The molecule has 0 saturated carbocycles. The SMILES string of the molecule is COc1cc(F)c(C(N)c2cc(C)ccc2F)cc1OC. The smallest absolute Gasteiger partial charge is 0.163 e. The molecule has 0 aliphatic carbocycles. The van der Waals surface area contributed by atoms with Crippen LogP contribution in [-0.2, 0) is 0 Å². The van der Waals surface area contributed by atoms with Crippen molar-refractivity contribution in [3.8, 4) is 11.5 Å². The zero-order chi connectivity index (χ0) is 15.6. The van der Waals surface area contributed by atoms with E-state index in [1.54, 1.807) is 12.1 Å². The lowest BCUT2D eigenvalue weighted by atomic mass is 9.96. The van der Waals surface area contributed by atoms with Gasteiger partial charge in [0.05, 0.1) is 20.3 Å². The molecule has 1 unspecified atom stereocenters. The second kappa shape index (κ2) is 6.10. The Morgan fingerprint density at radius 2 is 1.48 bits per heavy atom. The van der Waals surface area contributed by atoms with E-state index < -0.39 is 17.7 Å². The van der Waals surface area contributed by atoms with Crippen molar-refractivity contribution in [2.45, 2.75) is 13.0 Å². The fraction of sp³-hybridized carbons (Fsp3) is 0.250. The number of hydrogen-bond acceptors (Lipinski definition) is 3. The fourth-order valence-electron chi connectivity index (χ4n) is 2.18. The van der Waals surface area contributed by atoms with Crippen LogP contribution in [0.15, 0.2) is 30.3 Å². The number of methoxy groups -OCH3 is 2. The molecule has 0 spiro atoms. The predicted molar refractivity (Wildman–Crippen MR) is 76.7 cm³/mol. The molecule has 0 bridgehead atoms. The summed E-state index contributed by atoms with van der Waals surface area (Å²) >= 11 is 0. The molecule has 3 nitrogen and oxygen atoms in total. The average molecular weight is 293 g/mol. The molecule has 2 N–H and O–H groups in total. The standard InChI is InChI=1S/C16H17F2NO2/c1-9-4-5-12(17)10(6-9)16(19)11-7-14(20-2)15(21-3)8-13(11)18/h4-8,16H,19H2,1-3H3. The van der Waals surface area contributed by atoms with Crippen LogP contribution in [0, 0.1) is 18.6 Å². The summed E-state index contributed by atoms with van der Waals surface area (Å²) in [5, 5.41) is 0. The first-order chi connectivity index (χ1) is 9.97. The van der Waals surface area contributed by atoms with Gasteiger partial charge in [0.1, 0.15) is 11.6 Å². The summed E-state index contributed by atoms with van der Waals surface area (Å²) in [7, 11) is 2.86. The molecule has 2 aromatic rings. The minimum absolute atomic E-state index is 0.150. The van der Waals surface area contributed by atoms with E-state index in [9.17, 15) is 8.78 Å². The fourth-order valence-corrected chi connectivity index (χ4v) is 2.18. The van der Waals surface area contributed by atoms with Crippen LogP contribution in [0.5, 0.6) is 11.5 Å². The number of ether oxygens (including phenoxy) is 2. The van der Waals surface area contributed by atoms with Gasteiger partial charge in [-0.2, -0.15) is 0 Å². The largest absolute Gasteiger partial charge is 0.493 e. The minimum atomic E-state index is -0.926. The zero-order valence-electron chi connectivity index (χ0n) is 12.1. The highest BCUT2D eigenvalue weighted by molar-refractivity contribution is 5.47. The van der Waals surface area contributed by atoms with Crippen LogP contribution in [0.4, 0.5) is 8.78 Å². The monoisotopic (exact) mass is 293 g/mol. The van der Waals surface area contributed by atoms with Crippen molar-refractivity contribution in [3.05, 3.63) is 58.7 Å². The molecule has 2 aromatic carbocycles. The second-order valence-electron chi connectivity index (χ2n) is 4.73. The van der Waals surface area contributed by atoms with Gasteiger partial charge in [-0.15, -0.1) is 0 Å². The quantitative estimate of drug-likeness (QED) is 0.940. The third-order valence-corrected chi connectivity index (χ3v) is 3.32. The Bertz CT molecular complexity index is 659. The lowest BCUT2D eigenvalue weighted by Gasteiger charge is -2.17. The summed E-state index contributed by atoms with van der Waals surface area (Å²) in [5.41, 5.74) is 7.26. The molecule has 1 atom stereocenters. The maximum absolute atomic E-state index is 14.2. The molecule has 5 heteroatoms. The summed E-state index contributed by atoms with van der Waals surface area (Å²) in [4.78, 5) is 0. The van der Waals surface area contributed by atoms with Crippen molar-refractivity contribution in [2.24, 2.45) is 5.73 Å². The first-order valence-corrected chi connectivity index (χ1v) is 6.41. The average Bonchev–Trinajstić information content (AvgIpc) is 2.48. The highest BCUT2D eigenvalue weighted by Gasteiger charge is 2.20. The summed E-state index contributed by atoms with van der Waals surface area (Å²) < 4.78 is 38.2. The molecule has 0 amide bonds. The maximum atomic E-state index is 14.2. The van der Waals surface area contributed by atoms with Crippen LogP contribution >= 0.6 is 0 Å². The van der Waals surface area contributed by atoms with Crippen molar-refractivity contribution < 1.29 is 18.3 Å². The summed E-state index contributed by atoms with van der Waals surface area (Å²) in [6.45, 7) is 1.82. The van der Waals surface area contributed by atoms with Gasteiger partial charge in [-0.05, 0) is 19.1 Å².